The predicted molar refractivity (Wildman–Crippen MR) is 65.0 cm³/mol. The molecule has 0 saturated heterocycles. The number of halogens is 5. The summed E-state index contributed by atoms with van der Waals surface area (Å²) in [6.45, 7) is 0. The molecule has 100 valence electrons. The zero-order valence-electron chi connectivity index (χ0n) is 9.64. The summed E-state index contributed by atoms with van der Waals surface area (Å²) in [5, 5.41) is -0.727. The van der Waals surface area contributed by atoms with Crippen molar-refractivity contribution in [2.45, 2.75) is 11.8 Å². The smallest absolute Gasteiger partial charge is 0.194 e. The average Bonchev–Trinajstić information content (AvgIpc) is 2.38. The molecule has 0 aliphatic carbocycles. The molecule has 5 heteroatoms. The number of benzene rings is 2. The van der Waals surface area contributed by atoms with Gasteiger partial charge in [-0.05, 0) is 41.8 Å². The Kier molecular flexibility index (Phi) is 4.10. The van der Waals surface area contributed by atoms with Crippen molar-refractivity contribution < 1.29 is 17.6 Å². The fraction of sp³-hybridized carbons (Fsp3) is 0.143. The minimum absolute atomic E-state index is 0.141. The van der Waals surface area contributed by atoms with E-state index in [9.17, 15) is 17.6 Å². The molecule has 0 radical (unpaired) electrons. The van der Waals surface area contributed by atoms with E-state index in [4.69, 9.17) is 11.6 Å². The molecular formula is C14H9ClF4. The third-order valence-electron chi connectivity index (χ3n) is 2.70. The molecule has 2 rings (SSSR count). The number of hydrogen-bond acceptors (Lipinski definition) is 0. The van der Waals surface area contributed by atoms with Crippen LogP contribution in [0, 0.1) is 23.3 Å². The Morgan fingerprint density at radius 2 is 1.42 bits per heavy atom. The summed E-state index contributed by atoms with van der Waals surface area (Å²) in [5.74, 6) is -4.46. The highest BCUT2D eigenvalue weighted by atomic mass is 35.5. The second kappa shape index (κ2) is 5.61. The Hall–Kier alpha value is -1.55. The van der Waals surface area contributed by atoms with Crippen LogP contribution in [0.2, 0.25) is 0 Å². The molecule has 1 unspecified atom stereocenters. The molecule has 0 N–H and O–H groups in total. The van der Waals surface area contributed by atoms with E-state index in [2.05, 4.69) is 0 Å². The lowest BCUT2D eigenvalue weighted by molar-refractivity contribution is 0.445. The van der Waals surface area contributed by atoms with Gasteiger partial charge < -0.3 is 0 Å². The molecule has 0 saturated carbocycles. The van der Waals surface area contributed by atoms with Gasteiger partial charge >= 0.3 is 0 Å². The van der Waals surface area contributed by atoms with Crippen LogP contribution in [0.3, 0.4) is 0 Å². The van der Waals surface area contributed by atoms with Gasteiger partial charge in [-0.3, -0.25) is 0 Å². The van der Waals surface area contributed by atoms with Crippen LogP contribution < -0.4 is 0 Å². The van der Waals surface area contributed by atoms with E-state index in [1.165, 1.54) is 24.3 Å². The minimum Gasteiger partial charge on any atom is -0.207 e. The fourth-order valence-corrected chi connectivity index (χ4v) is 2.01. The van der Waals surface area contributed by atoms with Crippen molar-refractivity contribution in [3.63, 3.8) is 0 Å². The monoisotopic (exact) mass is 288 g/mol. The summed E-state index contributed by atoms with van der Waals surface area (Å²) in [7, 11) is 0. The average molecular weight is 289 g/mol. The largest absolute Gasteiger partial charge is 0.207 e. The summed E-state index contributed by atoms with van der Waals surface area (Å²) in [4.78, 5) is 0. The minimum atomic E-state index is -1.52. The lowest BCUT2D eigenvalue weighted by Gasteiger charge is -2.11. The van der Waals surface area contributed by atoms with Gasteiger partial charge in [-0.15, -0.1) is 11.6 Å². The highest BCUT2D eigenvalue weighted by Crippen LogP contribution is 2.27. The quantitative estimate of drug-likeness (QED) is 0.434. The van der Waals surface area contributed by atoms with Crippen LogP contribution in [-0.2, 0) is 6.42 Å². The first kappa shape index (κ1) is 13.9. The van der Waals surface area contributed by atoms with Gasteiger partial charge in [0.05, 0.1) is 5.38 Å². The SMILES string of the molecule is Fc1ccc(CC(Cl)c2cc(F)c(F)c(F)c2)cc1. The molecule has 0 nitrogen and oxygen atoms in total. The highest BCUT2D eigenvalue weighted by molar-refractivity contribution is 6.20. The summed E-state index contributed by atoms with van der Waals surface area (Å²) in [6.07, 6.45) is 0.256. The topological polar surface area (TPSA) is 0 Å². The summed E-state index contributed by atoms with van der Waals surface area (Å²) in [5.41, 5.74) is 0.855. The van der Waals surface area contributed by atoms with E-state index in [0.717, 1.165) is 12.1 Å². The second-order valence-electron chi connectivity index (χ2n) is 4.10. The number of alkyl halides is 1. The maximum absolute atomic E-state index is 13.1. The van der Waals surface area contributed by atoms with Crippen LogP contribution in [0.1, 0.15) is 16.5 Å². The molecule has 2 aromatic carbocycles. The third kappa shape index (κ3) is 3.26. The standard InChI is InChI=1S/C14H9ClF4/c15-11(5-8-1-3-10(16)4-2-8)9-6-12(17)14(19)13(18)7-9/h1-4,6-7,11H,5H2. The first-order valence-electron chi connectivity index (χ1n) is 5.50. The molecule has 19 heavy (non-hydrogen) atoms. The lowest BCUT2D eigenvalue weighted by Crippen LogP contribution is -2.00. The molecular weight excluding hydrogens is 280 g/mol. The van der Waals surface area contributed by atoms with Crippen molar-refractivity contribution in [1.29, 1.82) is 0 Å². The van der Waals surface area contributed by atoms with E-state index >= 15 is 0 Å². The van der Waals surface area contributed by atoms with Crippen molar-refractivity contribution in [3.05, 3.63) is 70.8 Å². The van der Waals surface area contributed by atoms with Crippen molar-refractivity contribution in [2.24, 2.45) is 0 Å². The molecule has 1 atom stereocenters. The van der Waals surface area contributed by atoms with Gasteiger partial charge in [-0.2, -0.15) is 0 Å². The van der Waals surface area contributed by atoms with Crippen LogP contribution in [0.5, 0.6) is 0 Å². The Balaban J connectivity index is 2.20. The molecule has 0 fully saturated rings. The molecule has 0 aliphatic heterocycles. The third-order valence-corrected chi connectivity index (χ3v) is 3.10. The van der Waals surface area contributed by atoms with Gasteiger partial charge in [0.15, 0.2) is 17.5 Å². The van der Waals surface area contributed by atoms with Crippen LogP contribution in [0.4, 0.5) is 17.6 Å². The summed E-state index contributed by atoms with van der Waals surface area (Å²) < 4.78 is 51.7. The highest BCUT2D eigenvalue weighted by Gasteiger charge is 2.16. The van der Waals surface area contributed by atoms with Crippen molar-refractivity contribution >= 4 is 11.6 Å². The van der Waals surface area contributed by atoms with Gasteiger partial charge in [0.25, 0.3) is 0 Å². The molecule has 0 aliphatic rings. The van der Waals surface area contributed by atoms with Crippen molar-refractivity contribution in [3.8, 4) is 0 Å². The van der Waals surface area contributed by atoms with E-state index < -0.39 is 22.8 Å². The van der Waals surface area contributed by atoms with E-state index in [1.54, 1.807) is 0 Å². The Morgan fingerprint density at radius 3 is 1.95 bits per heavy atom. The van der Waals surface area contributed by atoms with Gasteiger partial charge in [-0.25, -0.2) is 17.6 Å². The molecule has 0 spiro atoms. The van der Waals surface area contributed by atoms with Gasteiger partial charge in [0, 0.05) is 0 Å². The van der Waals surface area contributed by atoms with Crippen molar-refractivity contribution in [1.82, 2.24) is 0 Å². The lowest BCUT2D eigenvalue weighted by atomic mass is 10.0. The Morgan fingerprint density at radius 1 is 0.895 bits per heavy atom. The molecule has 0 bridgehead atoms. The van der Waals surface area contributed by atoms with E-state index in [-0.39, 0.29) is 17.8 Å². The maximum Gasteiger partial charge on any atom is 0.194 e. The maximum atomic E-state index is 13.1. The van der Waals surface area contributed by atoms with Crippen molar-refractivity contribution in [2.75, 3.05) is 0 Å². The summed E-state index contributed by atoms with van der Waals surface area (Å²) >= 11 is 6.03. The van der Waals surface area contributed by atoms with E-state index in [0.29, 0.717) is 5.56 Å². The zero-order valence-corrected chi connectivity index (χ0v) is 10.4. The van der Waals surface area contributed by atoms with Crippen LogP contribution >= 0.6 is 11.6 Å². The number of rotatable bonds is 3. The van der Waals surface area contributed by atoms with E-state index in [1.807, 2.05) is 0 Å². The van der Waals surface area contributed by atoms with Crippen LogP contribution in [-0.4, -0.2) is 0 Å². The summed E-state index contributed by atoms with van der Waals surface area (Å²) in [6, 6.07) is 7.32. The Labute approximate surface area is 112 Å². The molecule has 2 aromatic rings. The molecule has 0 heterocycles. The normalized spacial score (nSPS) is 12.5. The molecule has 0 amide bonds. The first-order valence-corrected chi connectivity index (χ1v) is 5.94. The fourth-order valence-electron chi connectivity index (χ4n) is 1.70. The van der Waals surface area contributed by atoms with Crippen LogP contribution in [0.25, 0.3) is 0 Å². The van der Waals surface area contributed by atoms with Crippen LogP contribution in [0.15, 0.2) is 36.4 Å². The molecule has 0 aromatic heterocycles. The Bertz CT molecular complexity index is 557. The van der Waals surface area contributed by atoms with Gasteiger partial charge in [0.2, 0.25) is 0 Å². The second-order valence-corrected chi connectivity index (χ2v) is 4.62. The van der Waals surface area contributed by atoms with Gasteiger partial charge in [-0.1, -0.05) is 12.1 Å². The predicted octanol–water partition coefficient (Wildman–Crippen LogP) is 4.77. The van der Waals surface area contributed by atoms with Gasteiger partial charge in [0.1, 0.15) is 5.82 Å². The first-order chi connectivity index (χ1) is 8.97. The zero-order chi connectivity index (χ0) is 14.0. The number of hydrogen-bond donors (Lipinski definition) is 0.